The molecule has 0 spiro atoms. The van der Waals surface area contributed by atoms with E-state index in [4.69, 9.17) is 0 Å². The van der Waals surface area contributed by atoms with Gasteiger partial charge in [-0.2, -0.15) is 0 Å². The fraction of sp³-hybridized carbons (Fsp3) is 0.211. The molecule has 3 amide bonds. The summed E-state index contributed by atoms with van der Waals surface area (Å²) >= 11 is 0. The molecule has 0 saturated carbocycles. The number of imide groups is 1. The third-order valence-corrected chi connectivity index (χ3v) is 6.18. The highest BCUT2D eigenvalue weighted by molar-refractivity contribution is 7.89. The Balaban J connectivity index is 1.69. The van der Waals surface area contributed by atoms with Gasteiger partial charge in [0.1, 0.15) is 6.54 Å². The maximum Gasteiger partial charge on any atom is 0.261 e. The maximum atomic E-state index is 12.5. The van der Waals surface area contributed by atoms with E-state index >= 15 is 0 Å². The van der Waals surface area contributed by atoms with Crippen LogP contribution < -0.4 is 5.32 Å². The van der Waals surface area contributed by atoms with Crippen LogP contribution in [-0.4, -0.2) is 56.0 Å². The number of hydrogen-bond acceptors (Lipinski definition) is 5. The molecule has 146 valence electrons. The van der Waals surface area contributed by atoms with Gasteiger partial charge in [-0.3, -0.25) is 19.3 Å². The van der Waals surface area contributed by atoms with Crippen LogP contribution in [0.4, 0.5) is 5.69 Å². The summed E-state index contributed by atoms with van der Waals surface area (Å²) < 4.78 is 25.2. The van der Waals surface area contributed by atoms with E-state index in [-0.39, 0.29) is 11.3 Å². The molecule has 0 bridgehead atoms. The second-order valence-electron chi connectivity index (χ2n) is 6.48. The SMILES string of the molecule is CN(C)S(=O)(=O)c1ccc(NC(=O)CN2C(=O)Cc3ccccc3C2=O)cc1. The minimum absolute atomic E-state index is 0.0618. The lowest BCUT2D eigenvalue weighted by Crippen LogP contribution is -2.46. The molecule has 8 nitrogen and oxygen atoms in total. The molecule has 1 aliphatic heterocycles. The van der Waals surface area contributed by atoms with Crippen LogP contribution in [0.3, 0.4) is 0 Å². The predicted octanol–water partition coefficient (Wildman–Crippen LogP) is 1.10. The van der Waals surface area contributed by atoms with Crippen LogP contribution in [0.15, 0.2) is 53.4 Å². The van der Waals surface area contributed by atoms with Gasteiger partial charge in [0, 0.05) is 25.3 Å². The molecule has 3 rings (SSSR count). The lowest BCUT2D eigenvalue weighted by Gasteiger charge is -2.26. The van der Waals surface area contributed by atoms with Gasteiger partial charge in [0.2, 0.25) is 21.8 Å². The van der Waals surface area contributed by atoms with Crippen LogP contribution >= 0.6 is 0 Å². The number of nitrogens with one attached hydrogen (secondary N) is 1. The summed E-state index contributed by atoms with van der Waals surface area (Å²) in [6.07, 6.45) is 0.0618. The fourth-order valence-electron chi connectivity index (χ4n) is 2.83. The van der Waals surface area contributed by atoms with Crippen molar-refractivity contribution in [2.24, 2.45) is 0 Å². The molecular formula is C19H19N3O5S. The van der Waals surface area contributed by atoms with Crippen molar-refractivity contribution in [3.05, 3.63) is 59.7 Å². The van der Waals surface area contributed by atoms with Crippen LogP contribution in [0.2, 0.25) is 0 Å². The van der Waals surface area contributed by atoms with E-state index in [2.05, 4.69) is 5.32 Å². The summed E-state index contributed by atoms with van der Waals surface area (Å²) in [5, 5.41) is 2.57. The van der Waals surface area contributed by atoms with Crippen molar-refractivity contribution in [1.82, 2.24) is 9.21 Å². The first kappa shape index (κ1) is 19.7. The summed E-state index contributed by atoms with van der Waals surface area (Å²) in [6, 6.07) is 12.4. The molecule has 0 fully saturated rings. The molecule has 1 aliphatic rings. The largest absolute Gasteiger partial charge is 0.325 e. The number of fused-ring (bicyclic) bond motifs is 1. The van der Waals surface area contributed by atoms with E-state index in [0.29, 0.717) is 16.8 Å². The van der Waals surface area contributed by atoms with E-state index in [1.165, 1.54) is 38.4 Å². The number of carbonyl (C=O) groups is 3. The molecule has 9 heteroatoms. The third kappa shape index (κ3) is 3.80. The summed E-state index contributed by atoms with van der Waals surface area (Å²) in [5.41, 5.74) is 1.42. The van der Waals surface area contributed by atoms with Gasteiger partial charge in [-0.25, -0.2) is 12.7 Å². The van der Waals surface area contributed by atoms with Crippen molar-refractivity contribution >= 4 is 33.4 Å². The second-order valence-corrected chi connectivity index (χ2v) is 8.63. The summed E-state index contributed by atoms with van der Waals surface area (Å²) in [7, 11) is -0.712. The van der Waals surface area contributed by atoms with Crippen molar-refractivity contribution < 1.29 is 22.8 Å². The topological polar surface area (TPSA) is 104 Å². The van der Waals surface area contributed by atoms with Gasteiger partial charge in [0.05, 0.1) is 11.3 Å². The zero-order chi connectivity index (χ0) is 20.5. The average Bonchev–Trinajstić information content (AvgIpc) is 2.65. The first-order valence-electron chi connectivity index (χ1n) is 8.45. The van der Waals surface area contributed by atoms with Crippen LogP contribution in [0.5, 0.6) is 0 Å². The number of benzene rings is 2. The van der Waals surface area contributed by atoms with Crippen LogP contribution in [0.1, 0.15) is 15.9 Å². The van der Waals surface area contributed by atoms with Gasteiger partial charge in [-0.15, -0.1) is 0 Å². The van der Waals surface area contributed by atoms with Crippen LogP contribution in [-0.2, 0) is 26.0 Å². The molecule has 2 aromatic carbocycles. The van der Waals surface area contributed by atoms with Crippen molar-refractivity contribution in [2.45, 2.75) is 11.3 Å². The highest BCUT2D eigenvalue weighted by Gasteiger charge is 2.31. The normalized spacial score (nSPS) is 14.2. The molecule has 0 radical (unpaired) electrons. The number of sulfonamides is 1. The van der Waals surface area contributed by atoms with Gasteiger partial charge >= 0.3 is 0 Å². The number of anilines is 1. The van der Waals surface area contributed by atoms with E-state index in [1.54, 1.807) is 24.3 Å². The minimum atomic E-state index is -3.56. The first-order valence-corrected chi connectivity index (χ1v) is 9.89. The summed E-state index contributed by atoms with van der Waals surface area (Å²) in [4.78, 5) is 38.0. The lowest BCUT2D eigenvalue weighted by atomic mass is 9.98. The molecule has 0 unspecified atom stereocenters. The van der Waals surface area contributed by atoms with E-state index in [0.717, 1.165) is 9.21 Å². The van der Waals surface area contributed by atoms with Crippen molar-refractivity contribution in [3.63, 3.8) is 0 Å². The maximum absolute atomic E-state index is 12.5. The number of nitrogens with zero attached hydrogens (tertiary/aromatic N) is 2. The molecule has 2 aromatic rings. The van der Waals surface area contributed by atoms with E-state index in [9.17, 15) is 22.8 Å². The summed E-state index contributed by atoms with van der Waals surface area (Å²) in [5.74, 6) is -1.50. The fourth-order valence-corrected chi connectivity index (χ4v) is 3.73. The standard InChI is InChI=1S/C19H19N3O5S/c1-21(2)28(26,27)15-9-7-14(8-10-15)20-17(23)12-22-18(24)11-13-5-3-4-6-16(13)19(22)25/h3-10H,11-12H2,1-2H3,(H,20,23). The van der Waals surface area contributed by atoms with Crippen LogP contribution in [0, 0.1) is 0 Å². The molecule has 0 aromatic heterocycles. The van der Waals surface area contributed by atoms with Gasteiger partial charge in [-0.1, -0.05) is 18.2 Å². The molecule has 0 saturated heterocycles. The van der Waals surface area contributed by atoms with Crippen molar-refractivity contribution in [1.29, 1.82) is 0 Å². The monoisotopic (exact) mass is 401 g/mol. The lowest BCUT2D eigenvalue weighted by molar-refractivity contribution is -0.131. The molecule has 0 aliphatic carbocycles. The molecule has 1 N–H and O–H groups in total. The Bertz CT molecular complexity index is 1050. The van der Waals surface area contributed by atoms with Crippen LogP contribution in [0.25, 0.3) is 0 Å². The highest BCUT2D eigenvalue weighted by atomic mass is 32.2. The Hall–Kier alpha value is -3.04. The molecular weight excluding hydrogens is 382 g/mol. The Morgan fingerprint density at radius 2 is 1.71 bits per heavy atom. The smallest absolute Gasteiger partial charge is 0.261 e. The minimum Gasteiger partial charge on any atom is -0.325 e. The van der Waals surface area contributed by atoms with Crippen molar-refractivity contribution in [3.8, 4) is 0 Å². The Labute approximate surface area is 162 Å². The van der Waals surface area contributed by atoms with Gasteiger partial charge in [0.15, 0.2) is 0 Å². The van der Waals surface area contributed by atoms with Gasteiger partial charge in [-0.05, 0) is 35.9 Å². The number of hydrogen-bond donors (Lipinski definition) is 1. The quantitative estimate of drug-likeness (QED) is 0.756. The van der Waals surface area contributed by atoms with E-state index < -0.39 is 34.3 Å². The molecule has 28 heavy (non-hydrogen) atoms. The number of carbonyl (C=O) groups excluding carboxylic acids is 3. The molecule has 1 heterocycles. The van der Waals surface area contributed by atoms with E-state index in [1.807, 2.05) is 0 Å². The predicted molar refractivity (Wildman–Crippen MR) is 102 cm³/mol. The van der Waals surface area contributed by atoms with Gasteiger partial charge < -0.3 is 5.32 Å². The number of rotatable bonds is 5. The molecule has 0 atom stereocenters. The average molecular weight is 401 g/mol. The first-order chi connectivity index (χ1) is 13.2. The summed E-state index contributed by atoms with van der Waals surface area (Å²) in [6.45, 7) is -0.413. The Morgan fingerprint density at radius 1 is 1.07 bits per heavy atom. The zero-order valence-electron chi connectivity index (χ0n) is 15.4. The highest BCUT2D eigenvalue weighted by Crippen LogP contribution is 2.20. The Morgan fingerprint density at radius 3 is 2.36 bits per heavy atom. The third-order valence-electron chi connectivity index (χ3n) is 4.35. The number of amides is 3. The van der Waals surface area contributed by atoms with Crippen molar-refractivity contribution in [2.75, 3.05) is 26.0 Å². The Kier molecular flexibility index (Phi) is 5.30. The zero-order valence-corrected chi connectivity index (χ0v) is 16.2. The van der Waals surface area contributed by atoms with Gasteiger partial charge in [0.25, 0.3) is 5.91 Å². The second kappa shape index (κ2) is 7.53.